The second kappa shape index (κ2) is 5.56. The highest BCUT2D eigenvalue weighted by Gasteiger charge is 2.10. The van der Waals surface area contributed by atoms with Crippen molar-refractivity contribution in [1.29, 1.82) is 5.26 Å². The van der Waals surface area contributed by atoms with Crippen molar-refractivity contribution in [3.05, 3.63) is 27.3 Å². The van der Waals surface area contributed by atoms with Crippen LogP contribution >= 0.6 is 22.6 Å². The van der Waals surface area contributed by atoms with Crippen molar-refractivity contribution in [2.75, 3.05) is 6.54 Å². The number of nitriles is 1. The molecule has 0 saturated heterocycles. The van der Waals surface area contributed by atoms with Gasteiger partial charge in [0.25, 0.3) is 5.91 Å². The van der Waals surface area contributed by atoms with E-state index in [1.807, 2.05) is 6.07 Å². The second-order valence-electron chi connectivity index (χ2n) is 2.83. The van der Waals surface area contributed by atoms with E-state index in [4.69, 9.17) is 5.26 Å². The molecule has 0 aliphatic carbocycles. The molecule has 1 aromatic carbocycles. The largest absolute Gasteiger partial charge is 0.507 e. The molecule has 0 heterocycles. The van der Waals surface area contributed by atoms with E-state index in [0.29, 0.717) is 6.54 Å². The maximum absolute atomic E-state index is 11.5. The van der Waals surface area contributed by atoms with E-state index < -0.39 is 0 Å². The van der Waals surface area contributed by atoms with Crippen LogP contribution in [0.1, 0.15) is 16.8 Å². The van der Waals surface area contributed by atoms with Gasteiger partial charge in [0.15, 0.2) is 0 Å². The smallest absolute Gasteiger partial charge is 0.255 e. The normalized spacial score (nSPS) is 9.33. The summed E-state index contributed by atoms with van der Waals surface area (Å²) >= 11 is 2.06. The Hall–Kier alpha value is -1.29. The van der Waals surface area contributed by atoms with Crippen LogP contribution in [0, 0.1) is 14.9 Å². The predicted octanol–water partition coefficient (Wildman–Crippen LogP) is 1.64. The highest BCUT2D eigenvalue weighted by molar-refractivity contribution is 14.1. The Labute approximate surface area is 101 Å². The number of hydrogen-bond acceptors (Lipinski definition) is 3. The summed E-state index contributed by atoms with van der Waals surface area (Å²) in [4.78, 5) is 11.5. The van der Waals surface area contributed by atoms with E-state index in [9.17, 15) is 9.90 Å². The topological polar surface area (TPSA) is 73.1 Å². The van der Waals surface area contributed by atoms with Gasteiger partial charge in [-0.25, -0.2) is 0 Å². The molecule has 0 aliphatic heterocycles. The van der Waals surface area contributed by atoms with E-state index in [1.54, 1.807) is 12.1 Å². The van der Waals surface area contributed by atoms with Crippen molar-refractivity contribution < 1.29 is 9.90 Å². The highest BCUT2D eigenvalue weighted by atomic mass is 127. The van der Waals surface area contributed by atoms with Gasteiger partial charge >= 0.3 is 0 Å². The van der Waals surface area contributed by atoms with Gasteiger partial charge in [-0.15, -0.1) is 0 Å². The molecular formula is C10H9IN2O2. The summed E-state index contributed by atoms with van der Waals surface area (Å²) < 4.78 is 0.871. The number of carbonyl (C=O) groups is 1. The zero-order valence-corrected chi connectivity index (χ0v) is 9.98. The van der Waals surface area contributed by atoms with E-state index in [1.165, 1.54) is 6.07 Å². The molecule has 78 valence electrons. The van der Waals surface area contributed by atoms with Crippen LogP contribution in [0.2, 0.25) is 0 Å². The van der Waals surface area contributed by atoms with Gasteiger partial charge in [-0.1, -0.05) is 0 Å². The average molecular weight is 316 g/mol. The molecule has 2 N–H and O–H groups in total. The van der Waals surface area contributed by atoms with E-state index in [0.717, 1.165) is 3.57 Å². The van der Waals surface area contributed by atoms with Crippen LogP contribution in [0.15, 0.2) is 18.2 Å². The van der Waals surface area contributed by atoms with Gasteiger partial charge in [-0.05, 0) is 40.8 Å². The lowest BCUT2D eigenvalue weighted by Crippen LogP contribution is -2.24. The third kappa shape index (κ3) is 3.40. The monoisotopic (exact) mass is 316 g/mol. The number of phenols is 1. The van der Waals surface area contributed by atoms with Crippen LogP contribution in [0.4, 0.5) is 0 Å². The maximum Gasteiger partial charge on any atom is 0.255 e. The summed E-state index contributed by atoms with van der Waals surface area (Å²) in [5, 5.41) is 20.3. The lowest BCUT2D eigenvalue weighted by atomic mass is 10.2. The Bertz CT molecular complexity index is 412. The number of nitrogens with zero attached hydrogens (tertiary/aromatic N) is 1. The molecule has 4 nitrogen and oxygen atoms in total. The number of halogens is 1. The first-order valence-corrected chi connectivity index (χ1v) is 5.36. The van der Waals surface area contributed by atoms with E-state index >= 15 is 0 Å². The van der Waals surface area contributed by atoms with Gasteiger partial charge in [-0.2, -0.15) is 5.26 Å². The highest BCUT2D eigenvalue weighted by Crippen LogP contribution is 2.19. The number of hydrogen-bond donors (Lipinski definition) is 2. The third-order valence-corrected chi connectivity index (χ3v) is 2.40. The van der Waals surface area contributed by atoms with Gasteiger partial charge in [0.2, 0.25) is 0 Å². The van der Waals surface area contributed by atoms with E-state index in [-0.39, 0.29) is 23.6 Å². The Morgan fingerprint density at radius 2 is 2.33 bits per heavy atom. The maximum atomic E-state index is 11.5. The average Bonchev–Trinajstić information content (AvgIpc) is 2.22. The molecule has 0 bridgehead atoms. The van der Waals surface area contributed by atoms with E-state index in [2.05, 4.69) is 27.9 Å². The molecule has 0 saturated carbocycles. The minimum absolute atomic E-state index is 0.0510. The lowest BCUT2D eigenvalue weighted by molar-refractivity contribution is 0.0952. The van der Waals surface area contributed by atoms with Crippen molar-refractivity contribution in [3.63, 3.8) is 0 Å². The van der Waals surface area contributed by atoms with Gasteiger partial charge < -0.3 is 10.4 Å². The summed E-state index contributed by atoms with van der Waals surface area (Å²) in [6, 6.07) is 6.70. The Balaban J connectivity index is 2.73. The van der Waals surface area contributed by atoms with Gasteiger partial charge in [0.05, 0.1) is 18.1 Å². The fourth-order valence-corrected chi connectivity index (χ4v) is 1.51. The van der Waals surface area contributed by atoms with Crippen molar-refractivity contribution in [1.82, 2.24) is 5.32 Å². The van der Waals surface area contributed by atoms with Crippen LogP contribution in [0.5, 0.6) is 5.75 Å². The molecular weight excluding hydrogens is 307 g/mol. The van der Waals surface area contributed by atoms with Crippen molar-refractivity contribution in [3.8, 4) is 11.8 Å². The van der Waals surface area contributed by atoms with Crippen LogP contribution in [-0.2, 0) is 0 Å². The molecule has 0 unspecified atom stereocenters. The van der Waals surface area contributed by atoms with Gasteiger partial charge in [0.1, 0.15) is 5.75 Å². The minimum Gasteiger partial charge on any atom is -0.507 e. The first-order valence-electron chi connectivity index (χ1n) is 4.29. The summed E-state index contributed by atoms with van der Waals surface area (Å²) in [5.74, 6) is -0.411. The molecule has 15 heavy (non-hydrogen) atoms. The van der Waals surface area contributed by atoms with Crippen LogP contribution in [-0.4, -0.2) is 17.6 Å². The van der Waals surface area contributed by atoms with Gasteiger partial charge in [-0.3, -0.25) is 4.79 Å². The SMILES string of the molecule is N#CCCNC(=O)c1cc(I)ccc1O. The fraction of sp³-hybridized carbons (Fsp3) is 0.200. The molecule has 0 atom stereocenters. The molecule has 0 radical (unpaired) electrons. The molecule has 0 spiro atoms. The number of nitrogens with one attached hydrogen (secondary N) is 1. The number of benzene rings is 1. The molecule has 1 amide bonds. The third-order valence-electron chi connectivity index (χ3n) is 1.73. The number of amides is 1. The minimum atomic E-state index is -0.360. The van der Waals surface area contributed by atoms with Crippen LogP contribution < -0.4 is 5.32 Å². The second-order valence-corrected chi connectivity index (χ2v) is 4.07. The molecule has 5 heteroatoms. The van der Waals surface area contributed by atoms with Crippen molar-refractivity contribution in [2.24, 2.45) is 0 Å². The fourth-order valence-electron chi connectivity index (χ4n) is 1.02. The standard InChI is InChI=1S/C10H9IN2O2/c11-7-2-3-9(14)8(6-7)10(15)13-5-1-4-12/h2-3,6,14H,1,5H2,(H,13,15). The van der Waals surface area contributed by atoms with Gasteiger partial charge in [0, 0.05) is 10.1 Å². The van der Waals surface area contributed by atoms with Crippen LogP contribution in [0.25, 0.3) is 0 Å². The molecule has 0 aromatic heterocycles. The molecule has 1 rings (SSSR count). The number of phenolic OH excluding ortho intramolecular Hbond substituents is 1. The molecule has 0 aliphatic rings. The zero-order valence-electron chi connectivity index (χ0n) is 7.83. The number of carbonyl (C=O) groups excluding carboxylic acids is 1. The predicted molar refractivity (Wildman–Crippen MR) is 63.4 cm³/mol. The first-order chi connectivity index (χ1) is 7.15. The summed E-state index contributed by atoms with van der Waals surface area (Å²) in [7, 11) is 0. The summed E-state index contributed by atoms with van der Waals surface area (Å²) in [5.41, 5.74) is 0.236. The van der Waals surface area contributed by atoms with Crippen molar-refractivity contribution >= 4 is 28.5 Å². The molecule has 1 aromatic rings. The summed E-state index contributed by atoms with van der Waals surface area (Å²) in [6.07, 6.45) is 0.260. The first kappa shape index (κ1) is 11.8. The number of rotatable bonds is 3. The van der Waals surface area contributed by atoms with Crippen molar-refractivity contribution in [2.45, 2.75) is 6.42 Å². The quantitative estimate of drug-likeness (QED) is 0.658. The number of aromatic hydroxyl groups is 1. The Morgan fingerprint density at radius 3 is 3.00 bits per heavy atom. The van der Waals surface area contributed by atoms with Crippen LogP contribution in [0.3, 0.4) is 0 Å². The zero-order chi connectivity index (χ0) is 11.3. The summed E-state index contributed by atoms with van der Waals surface area (Å²) in [6.45, 7) is 0.292. The lowest BCUT2D eigenvalue weighted by Gasteiger charge is -2.05. The molecule has 0 fully saturated rings. The Morgan fingerprint density at radius 1 is 1.60 bits per heavy atom. The Kier molecular flexibility index (Phi) is 4.37.